The molecule has 1 aliphatic heterocycles. The molecule has 128 valence electrons. The molecule has 0 radical (unpaired) electrons. The Morgan fingerprint density at radius 2 is 2.04 bits per heavy atom. The number of carbonyl (C=O) groups excluding carboxylic acids is 1. The highest BCUT2D eigenvalue weighted by atomic mass is 19.1. The fourth-order valence-electron chi connectivity index (χ4n) is 3.72. The van der Waals surface area contributed by atoms with Gasteiger partial charge in [-0.15, -0.1) is 0 Å². The van der Waals surface area contributed by atoms with Gasteiger partial charge in [0.15, 0.2) is 0 Å². The van der Waals surface area contributed by atoms with Crippen LogP contribution in [0.5, 0.6) is 0 Å². The number of hydrogen-bond acceptors (Lipinski definition) is 2. The molecule has 1 N–H and O–H groups in total. The van der Waals surface area contributed by atoms with E-state index < -0.39 is 0 Å². The highest BCUT2D eigenvalue weighted by Crippen LogP contribution is 2.25. The molecule has 25 heavy (non-hydrogen) atoms. The Labute approximate surface area is 147 Å². The molecule has 1 amide bonds. The van der Waals surface area contributed by atoms with Crippen LogP contribution in [0, 0.1) is 5.82 Å². The Bertz CT molecular complexity index is 859. The monoisotopic (exact) mass is 336 g/mol. The van der Waals surface area contributed by atoms with E-state index >= 15 is 0 Å². The second kappa shape index (κ2) is 6.45. The van der Waals surface area contributed by atoms with Crippen LogP contribution in [0.3, 0.4) is 0 Å². The maximum atomic E-state index is 13.5. The van der Waals surface area contributed by atoms with E-state index in [9.17, 15) is 9.18 Å². The van der Waals surface area contributed by atoms with Crippen LogP contribution in [-0.2, 0) is 24.2 Å². The summed E-state index contributed by atoms with van der Waals surface area (Å²) in [7, 11) is 2.05. The third kappa shape index (κ3) is 3.22. The zero-order valence-corrected chi connectivity index (χ0v) is 14.3. The molecule has 2 aromatic carbocycles. The topological polar surface area (TPSA) is 32.3 Å². The van der Waals surface area contributed by atoms with Crippen molar-refractivity contribution in [2.24, 2.45) is 0 Å². The molecule has 4 heteroatoms. The van der Waals surface area contributed by atoms with Crippen LogP contribution in [0.2, 0.25) is 0 Å². The largest absolute Gasteiger partial charge is 0.351 e. The molecule has 1 heterocycles. The fourth-order valence-corrected chi connectivity index (χ4v) is 3.72. The number of carbonyl (C=O) groups is 1. The molecule has 0 saturated carbocycles. The number of likely N-dealkylation sites (N-methyl/N-ethyl adjacent to an activating group) is 1. The van der Waals surface area contributed by atoms with Crippen molar-refractivity contribution in [2.45, 2.75) is 25.4 Å². The van der Waals surface area contributed by atoms with Gasteiger partial charge in [0.1, 0.15) is 5.82 Å². The van der Waals surface area contributed by atoms with Gasteiger partial charge in [0.2, 0.25) is 5.91 Å². The van der Waals surface area contributed by atoms with Gasteiger partial charge in [0.25, 0.3) is 0 Å². The number of fused-ring (bicyclic) bond motifs is 2. The first-order valence-electron chi connectivity index (χ1n) is 8.64. The van der Waals surface area contributed by atoms with E-state index in [1.165, 1.54) is 17.2 Å². The molecule has 3 nitrogen and oxygen atoms in total. The molecule has 0 aromatic heterocycles. The Kier molecular flexibility index (Phi) is 4.14. The van der Waals surface area contributed by atoms with Crippen LogP contribution in [-0.4, -0.2) is 30.4 Å². The fraction of sp³-hybridized carbons (Fsp3) is 0.286. The van der Waals surface area contributed by atoms with Gasteiger partial charge in [-0.3, -0.25) is 9.69 Å². The number of amides is 1. The van der Waals surface area contributed by atoms with Crippen molar-refractivity contribution in [2.75, 3.05) is 13.6 Å². The van der Waals surface area contributed by atoms with Gasteiger partial charge in [-0.05, 0) is 53.9 Å². The zero-order chi connectivity index (χ0) is 17.4. The molecular weight excluding hydrogens is 315 g/mol. The average molecular weight is 336 g/mol. The minimum Gasteiger partial charge on any atom is -0.351 e. The van der Waals surface area contributed by atoms with Crippen LogP contribution in [0.15, 0.2) is 48.0 Å². The van der Waals surface area contributed by atoms with Crippen molar-refractivity contribution in [1.29, 1.82) is 0 Å². The van der Waals surface area contributed by atoms with Crippen LogP contribution < -0.4 is 5.32 Å². The van der Waals surface area contributed by atoms with Gasteiger partial charge in [0, 0.05) is 31.1 Å². The first-order chi connectivity index (χ1) is 12.1. The van der Waals surface area contributed by atoms with Crippen molar-refractivity contribution in [1.82, 2.24) is 10.2 Å². The van der Waals surface area contributed by atoms with Gasteiger partial charge in [-0.1, -0.05) is 30.3 Å². The molecule has 1 atom stereocenters. The molecule has 0 bridgehead atoms. The van der Waals surface area contributed by atoms with E-state index in [-0.39, 0.29) is 17.8 Å². The summed E-state index contributed by atoms with van der Waals surface area (Å²) in [6.45, 7) is 1.35. The second-order valence-corrected chi connectivity index (χ2v) is 6.94. The normalized spacial score (nSPS) is 19.1. The standard InChI is InChI=1S/C21H21FN2O/c1-24-13-16-6-7-19(22)10-17(16)11-20(24)12-23-21(25)18-8-14-4-2-3-5-15(14)9-18/h2-8,10,20H,9,11-13H2,1H3,(H,23,25)/t20-/m0/s1. The second-order valence-electron chi connectivity index (χ2n) is 6.94. The maximum absolute atomic E-state index is 13.5. The Morgan fingerprint density at radius 1 is 1.20 bits per heavy atom. The summed E-state index contributed by atoms with van der Waals surface area (Å²) >= 11 is 0. The predicted molar refractivity (Wildman–Crippen MR) is 96.5 cm³/mol. The quantitative estimate of drug-likeness (QED) is 0.935. The summed E-state index contributed by atoms with van der Waals surface area (Å²) in [5.41, 5.74) is 5.36. The summed E-state index contributed by atoms with van der Waals surface area (Å²) in [6, 6.07) is 13.3. The lowest BCUT2D eigenvalue weighted by Crippen LogP contribution is -2.45. The van der Waals surface area contributed by atoms with Crippen molar-refractivity contribution in [3.63, 3.8) is 0 Å². The minimum absolute atomic E-state index is 0.00496. The highest BCUT2D eigenvalue weighted by molar-refractivity contribution is 6.00. The minimum atomic E-state index is -0.194. The Hall–Kier alpha value is -2.46. The average Bonchev–Trinajstić information content (AvgIpc) is 3.04. The third-order valence-corrected chi connectivity index (χ3v) is 5.22. The third-order valence-electron chi connectivity index (χ3n) is 5.22. The van der Waals surface area contributed by atoms with Crippen LogP contribution in [0.1, 0.15) is 22.3 Å². The van der Waals surface area contributed by atoms with E-state index in [2.05, 4.69) is 16.3 Å². The molecule has 2 aliphatic rings. The van der Waals surface area contributed by atoms with Crippen molar-refractivity contribution >= 4 is 12.0 Å². The number of hydrogen-bond donors (Lipinski definition) is 1. The van der Waals surface area contributed by atoms with Crippen LogP contribution in [0.25, 0.3) is 6.08 Å². The SMILES string of the molecule is CN1Cc2ccc(F)cc2C[C@H]1CNC(=O)C1=Cc2ccccc2C1. The van der Waals surface area contributed by atoms with Crippen molar-refractivity contribution in [3.8, 4) is 0 Å². The molecule has 1 aliphatic carbocycles. The highest BCUT2D eigenvalue weighted by Gasteiger charge is 2.25. The van der Waals surface area contributed by atoms with Gasteiger partial charge in [-0.25, -0.2) is 4.39 Å². The van der Waals surface area contributed by atoms with E-state index in [1.54, 1.807) is 6.07 Å². The van der Waals surface area contributed by atoms with E-state index in [1.807, 2.05) is 37.4 Å². The first kappa shape index (κ1) is 16.0. The van der Waals surface area contributed by atoms with Gasteiger partial charge in [0.05, 0.1) is 0 Å². The predicted octanol–water partition coefficient (Wildman–Crippen LogP) is 2.94. The smallest absolute Gasteiger partial charge is 0.247 e. The van der Waals surface area contributed by atoms with E-state index in [0.29, 0.717) is 13.0 Å². The van der Waals surface area contributed by atoms with Gasteiger partial charge < -0.3 is 5.32 Å². The summed E-state index contributed by atoms with van der Waals surface area (Å²) in [5.74, 6) is -0.199. The number of halogens is 1. The Balaban J connectivity index is 1.40. The molecule has 0 saturated heterocycles. The lowest BCUT2D eigenvalue weighted by molar-refractivity contribution is -0.117. The summed E-state index contributed by atoms with van der Waals surface area (Å²) in [4.78, 5) is 14.7. The summed E-state index contributed by atoms with van der Waals surface area (Å²) < 4.78 is 13.5. The summed E-state index contributed by atoms with van der Waals surface area (Å²) in [5, 5.41) is 3.06. The number of nitrogens with zero attached hydrogens (tertiary/aromatic N) is 1. The molecule has 0 fully saturated rings. The van der Waals surface area contributed by atoms with Crippen molar-refractivity contribution in [3.05, 3.63) is 76.1 Å². The van der Waals surface area contributed by atoms with Gasteiger partial charge in [-0.2, -0.15) is 0 Å². The van der Waals surface area contributed by atoms with Crippen LogP contribution >= 0.6 is 0 Å². The van der Waals surface area contributed by atoms with E-state index in [4.69, 9.17) is 0 Å². The van der Waals surface area contributed by atoms with Crippen molar-refractivity contribution < 1.29 is 9.18 Å². The first-order valence-corrected chi connectivity index (χ1v) is 8.64. The molecule has 4 rings (SSSR count). The molecule has 0 unspecified atom stereocenters. The lowest BCUT2D eigenvalue weighted by Gasteiger charge is -2.34. The van der Waals surface area contributed by atoms with E-state index in [0.717, 1.165) is 29.7 Å². The molecule has 2 aromatic rings. The molecule has 0 spiro atoms. The number of nitrogens with one attached hydrogen (secondary N) is 1. The van der Waals surface area contributed by atoms with Crippen LogP contribution in [0.4, 0.5) is 4.39 Å². The lowest BCUT2D eigenvalue weighted by atomic mass is 9.94. The Morgan fingerprint density at radius 3 is 2.88 bits per heavy atom. The van der Waals surface area contributed by atoms with Gasteiger partial charge >= 0.3 is 0 Å². The summed E-state index contributed by atoms with van der Waals surface area (Å²) in [6.07, 6.45) is 3.42. The zero-order valence-electron chi connectivity index (χ0n) is 14.3. The maximum Gasteiger partial charge on any atom is 0.247 e. The number of rotatable bonds is 3. The number of benzene rings is 2. The molecular formula is C21H21FN2O.